The number of aromatic nitrogens is 2. The molecular weight excluding hydrogens is 250 g/mol. The summed E-state index contributed by atoms with van der Waals surface area (Å²) in [7, 11) is 1.68. The molecule has 0 saturated heterocycles. The Labute approximate surface area is 120 Å². The number of rotatable bonds is 7. The molecule has 0 saturated carbocycles. The van der Waals surface area contributed by atoms with Crippen LogP contribution in [0.25, 0.3) is 0 Å². The minimum Gasteiger partial charge on any atom is -0.497 e. The number of nitrogens with zero attached hydrogens (tertiary/aromatic N) is 2. The molecule has 0 aliphatic rings. The average molecular weight is 273 g/mol. The van der Waals surface area contributed by atoms with Crippen LogP contribution >= 0.6 is 0 Å². The van der Waals surface area contributed by atoms with Gasteiger partial charge in [0, 0.05) is 18.8 Å². The molecule has 1 aromatic carbocycles. The first-order chi connectivity index (χ1) is 9.71. The third-order valence-corrected chi connectivity index (χ3v) is 3.48. The lowest BCUT2D eigenvalue weighted by Gasteiger charge is -2.11. The summed E-state index contributed by atoms with van der Waals surface area (Å²) in [6.45, 7) is 3.08. The largest absolute Gasteiger partial charge is 0.497 e. The van der Waals surface area contributed by atoms with E-state index in [4.69, 9.17) is 10.5 Å². The van der Waals surface area contributed by atoms with Crippen molar-refractivity contribution in [2.75, 3.05) is 7.11 Å². The monoisotopic (exact) mass is 273 g/mol. The molecule has 20 heavy (non-hydrogen) atoms. The van der Waals surface area contributed by atoms with Crippen LogP contribution in [-0.2, 0) is 19.4 Å². The molecule has 0 unspecified atom stereocenters. The molecule has 0 radical (unpaired) electrons. The fraction of sp³-hybridized carbons (Fsp3) is 0.438. The van der Waals surface area contributed by atoms with Gasteiger partial charge >= 0.3 is 0 Å². The summed E-state index contributed by atoms with van der Waals surface area (Å²) in [6, 6.07) is 8.26. The molecule has 0 bridgehead atoms. The first kappa shape index (κ1) is 14.6. The van der Waals surface area contributed by atoms with Crippen molar-refractivity contribution < 1.29 is 4.74 Å². The third-order valence-electron chi connectivity index (χ3n) is 3.48. The van der Waals surface area contributed by atoms with E-state index in [0.29, 0.717) is 0 Å². The third kappa shape index (κ3) is 4.10. The normalized spacial score (nSPS) is 12.3. The molecule has 0 fully saturated rings. The maximum absolute atomic E-state index is 6.20. The van der Waals surface area contributed by atoms with Crippen LogP contribution < -0.4 is 10.5 Å². The summed E-state index contributed by atoms with van der Waals surface area (Å²) in [5.74, 6) is 0.882. The predicted octanol–water partition coefficient (Wildman–Crippen LogP) is 2.41. The zero-order valence-corrected chi connectivity index (χ0v) is 12.2. The molecule has 108 valence electrons. The van der Waals surface area contributed by atoms with Gasteiger partial charge in [-0.1, -0.05) is 12.1 Å². The second-order valence-electron chi connectivity index (χ2n) is 5.05. The van der Waals surface area contributed by atoms with E-state index >= 15 is 0 Å². The highest BCUT2D eigenvalue weighted by atomic mass is 16.5. The first-order valence-corrected chi connectivity index (χ1v) is 7.10. The van der Waals surface area contributed by atoms with Gasteiger partial charge in [0.2, 0.25) is 0 Å². The second-order valence-corrected chi connectivity index (χ2v) is 5.05. The van der Waals surface area contributed by atoms with Gasteiger partial charge in [-0.25, -0.2) is 4.98 Å². The number of hydrogen-bond donors (Lipinski definition) is 1. The van der Waals surface area contributed by atoms with Crippen LogP contribution in [0.15, 0.2) is 36.8 Å². The van der Waals surface area contributed by atoms with Gasteiger partial charge in [-0.3, -0.25) is 0 Å². The average Bonchev–Trinajstić information content (AvgIpc) is 2.94. The highest BCUT2D eigenvalue weighted by molar-refractivity contribution is 5.27. The lowest BCUT2D eigenvalue weighted by molar-refractivity contribution is 0.414. The van der Waals surface area contributed by atoms with Crippen LogP contribution in [0.5, 0.6) is 5.75 Å². The fourth-order valence-electron chi connectivity index (χ4n) is 2.21. The smallest absolute Gasteiger partial charge is 0.118 e. The highest BCUT2D eigenvalue weighted by Crippen LogP contribution is 2.13. The van der Waals surface area contributed by atoms with Crippen LogP contribution in [0.1, 0.15) is 24.6 Å². The molecule has 0 aliphatic heterocycles. The molecule has 4 nitrogen and oxygen atoms in total. The minimum atomic E-state index is 0.162. The van der Waals surface area contributed by atoms with Crippen molar-refractivity contribution in [2.45, 2.75) is 38.8 Å². The van der Waals surface area contributed by atoms with Crippen molar-refractivity contribution in [3.63, 3.8) is 0 Å². The molecule has 2 rings (SSSR count). The Morgan fingerprint density at radius 1 is 1.30 bits per heavy atom. The maximum atomic E-state index is 6.20. The molecule has 0 aliphatic carbocycles. The molecule has 2 aromatic rings. The summed E-state index contributed by atoms with van der Waals surface area (Å²) in [6.07, 6.45) is 6.75. The Bertz CT molecular complexity index is 519. The van der Waals surface area contributed by atoms with Gasteiger partial charge in [0.25, 0.3) is 0 Å². The van der Waals surface area contributed by atoms with E-state index in [1.807, 2.05) is 18.5 Å². The van der Waals surface area contributed by atoms with Gasteiger partial charge in [-0.05, 0) is 43.9 Å². The first-order valence-electron chi connectivity index (χ1n) is 7.10. The molecular formula is C16H23N3O. The number of nitrogens with two attached hydrogens (primary N) is 1. The molecule has 1 heterocycles. The van der Waals surface area contributed by atoms with Crippen LogP contribution in [0.3, 0.4) is 0 Å². The number of imidazole rings is 1. The summed E-state index contributed by atoms with van der Waals surface area (Å²) in [5.41, 5.74) is 8.57. The van der Waals surface area contributed by atoms with E-state index in [0.717, 1.165) is 37.3 Å². The summed E-state index contributed by atoms with van der Waals surface area (Å²) < 4.78 is 7.24. The summed E-state index contributed by atoms with van der Waals surface area (Å²) >= 11 is 0. The van der Waals surface area contributed by atoms with Gasteiger partial charge in [0.1, 0.15) is 5.75 Å². The molecule has 0 spiro atoms. The number of methoxy groups -OCH3 is 1. The zero-order valence-electron chi connectivity index (χ0n) is 12.2. The van der Waals surface area contributed by atoms with Gasteiger partial charge in [0.05, 0.1) is 19.1 Å². The van der Waals surface area contributed by atoms with Crippen LogP contribution in [-0.4, -0.2) is 22.7 Å². The number of hydrogen-bond acceptors (Lipinski definition) is 3. The van der Waals surface area contributed by atoms with Crippen molar-refractivity contribution >= 4 is 0 Å². The molecule has 2 N–H and O–H groups in total. The summed E-state index contributed by atoms with van der Waals surface area (Å²) in [5, 5.41) is 0. The van der Waals surface area contributed by atoms with E-state index in [1.165, 1.54) is 5.56 Å². The lowest BCUT2D eigenvalue weighted by atomic mass is 10.0. The van der Waals surface area contributed by atoms with Gasteiger partial charge in [-0.15, -0.1) is 0 Å². The Hall–Kier alpha value is -1.81. The molecule has 0 amide bonds. The summed E-state index contributed by atoms with van der Waals surface area (Å²) in [4.78, 5) is 4.38. The SMILES string of the molecule is CCn1cnc(CC[C@@H](N)Cc2ccc(OC)cc2)c1. The van der Waals surface area contributed by atoms with E-state index in [1.54, 1.807) is 7.11 Å². The van der Waals surface area contributed by atoms with E-state index in [2.05, 4.69) is 34.8 Å². The molecule has 1 atom stereocenters. The van der Waals surface area contributed by atoms with Crippen LogP contribution in [0.2, 0.25) is 0 Å². The van der Waals surface area contributed by atoms with Crippen molar-refractivity contribution in [3.05, 3.63) is 48.0 Å². The Morgan fingerprint density at radius 3 is 2.65 bits per heavy atom. The van der Waals surface area contributed by atoms with E-state index < -0.39 is 0 Å². The van der Waals surface area contributed by atoms with E-state index in [9.17, 15) is 0 Å². The predicted molar refractivity (Wildman–Crippen MR) is 80.9 cm³/mol. The van der Waals surface area contributed by atoms with Gasteiger partial charge in [-0.2, -0.15) is 0 Å². The lowest BCUT2D eigenvalue weighted by Crippen LogP contribution is -2.23. The Balaban J connectivity index is 1.80. The zero-order chi connectivity index (χ0) is 14.4. The quantitative estimate of drug-likeness (QED) is 0.843. The van der Waals surface area contributed by atoms with Gasteiger partial charge in [0.15, 0.2) is 0 Å². The maximum Gasteiger partial charge on any atom is 0.118 e. The molecule has 4 heteroatoms. The van der Waals surface area contributed by atoms with E-state index in [-0.39, 0.29) is 6.04 Å². The second kappa shape index (κ2) is 7.10. The topological polar surface area (TPSA) is 53.1 Å². The van der Waals surface area contributed by atoms with Crippen LogP contribution in [0, 0.1) is 0 Å². The van der Waals surface area contributed by atoms with Gasteiger partial charge < -0.3 is 15.0 Å². The number of aryl methyl sites for hydroxylation is 2. The number of ether oxygens (including phenoxy) is 1. The Morgan fingerprint density at radius 2 is 2.05 bits per heavy atom. The molecule has 1 aromatic heterocycles. The van der Waals surface area contributed by atoms with Crippen molar-refractivity contribution in [1.82, 2.24) is 9.55 Å². The van der Waals surface area contributed by atoms with Crippen LogP contribution in [0.4, 0.5) is 0 Å². The standard InChI is InChI=1S/C16H23N3O/c1-3-19-11-15(18-12-19)7-6-14(17)10-13-4-8-16(20-2)9-5-13/h4-5,8-9,11-12,14H,3,6-7,10,17H2,1-2H3/t14-/m1/s1. The van der Waals surface area contributed by atoms with Crippen molar-refractivity contribution in [2.24, 2.45) is 5.73 Å². The fourth-order valence-corrected chi connectivity index (χ4v) is 2.21. The van der Waals surface area contributed by atoms with Crippen molar-refractivity contribution in [3.8, 4) is 5.75 Å². The Kier molecular flexibility index (Phi) is 5.18. The minimum absolute atomic E-state index is 0.162. The van der Waals surface area contributed by atoms with Crippen molar-refractivity contribution in [1.29, 1.82) is 0 Å². The highest BCUT2D eigenvalue weighted by Gasteiger charge is 2.06. The number of benzene rings is 1.